The second-order valence-corrected chi connectivity index (χ2v) is 6.20. The standard InChI is InChI=1S/C16H25NO3/c1-6-19-14(18)16(5,17)11-20-13-9-7-12(8-10-13)15(2,3)4/h7-10H,6,11,17H2,1-5H3. The molecule has 1 rings (SSSR count). The van der Waals surface area contributed by atoms with Gasteiger partial charge in [-0.05, 0) is 37.0 Å². The van der Waals surface area contributed by atoms with Crippen LogP contribution in [0.4, 0.5) is 0 Å². The van der Waals surface area contributed by atoms with Crippen molar-refractivity contribution in [2.24, 2.45) is 5.73 Å². The van der Waals surface area contributed by atoms with Crippen LogP contribution in [-0.2, 0) is 14.9 Å². The third-order valence-corrected chi connectivity index (χ3v) is 3.00. The van der Waals surface area contributed by atoms with Crippen molar-refractivity contribution in [2.45, 2.75) is 45.6 Å². The minimum absolute atomic E-state index is 0.0840. The number of hydrogen-bond acceptors (Lipinski definition) is 4. The summed E-state index contributed by atoms with van der Waals surface area (Å²) in [6, 6.07) is 7.82. The first kappa shape index (κ1) is 16.5. The van der Waals surface area contributed by atoms with E-state index in [1.54, 1.807) is 13.8 Å². The van der Waals surface area contributed by atoms with Crippen molar-refractivity contribution in [1.82, 2.24) is 0 Å². The monoisotopic (exact) mass is 279 g/mol. The van der Waals surface area contributed by atoms with E-state index in [0.29, 0.717) is 12.4 Å². The van der Waals surface area contributed by atoms with Gasteiger partial charge in [0.1, 0.15) is 17.9 Å². The number of ether oxygens (including phenoxy) is 2. The van der Waals surface area contributed by atoms with E-state index >= 15 is 0 Å². The van der Waals surface area contributed by atoms with Gasteiger partial charge in [-0.2, -0.15) is 0 Å². The van der Waals surface area contributed by atoms with Gasteiger partial charge in [-0.1, -0.05) is 32.9 Å². The van der Waals surface area contributed by atoms with Gasteiger partial charge in [0, 0.05) is 0 Å². The molecule has 0 aromatic heterocycles. The Balaban J connectivity index is 2.64. The van der Waals surface area contributed by atoms with Gasteiger partial charge >= 0.3 is 5.97 Å². The lowest BCUT2D eigenvalue weighted by atomic mass is 9.87. The number of rotatable bonds is 5. The van der Waals surface area contributed by atoms with Crippen molar-refractivity contribution >= 4 is 5.97 Å². The van der Waals surface area contributed by atoms with Crippen LogP contribution in [0.5, 0.6) is 5.75 Å². The summed E-state index contributed by atoms with van der Waals surface area (Å²) < 4.78 is 10.5. The summed E-state index contributed by atoms with van der Waals surface area (Å²) in [7, 11) is 0. The van der Waals surface area contributed by atoms with Gasteiger partial charge in [-0.25, -0.2) is 4.79 Å². The number of esters is 1. The highest BCUT2D eigenvalue weighted by Crippen LogP contribution is 2.24. The van der Waals surface area contributed by atoms with Gasteiger partial charge in [0.05, 0.1) is 6.61 Å². The third kappa shape index (κ3) is 4.53. The van der Waals surface area contributed by atoms with Gasteiger partial charge < -0.3 is 15.2 Å². The number of carbonyl (C=O) groups is 1. The summed E-state index contributed by atoms with van der Waals surface area (Å²) in [5.41, 5.74) is 6.08. The van der Waals surface area contributed by atoms with Crippen LogP contribution in [0.3, 0.4) is 0 Å². The lowest BCUT2D eigenvalue weighted by Gasteiger charge is -2.23. The quantitative estimate of drug-likeness (QED) is 0.842. The highest BCUT2D eigenvalue weighted by atomic mass is 16.5. The zero-order valence-electron chi connectivity index (χ0n) is 13.0. The molecule has 0 saturated carbocycles. The molecule has 0 aliphatic carbocycles. The molecule has 0 fully saturated rings. The molecule has 0 aliphatic heterocycles. The second-order valence-electron chi connectivity index (χ2n) is 6.20. The van der Waals surface area contributed by atoms with E-state index in [2.05, 4.69) is 20.8 Å². The first-order valence-corrected chi connectivity index (χ1v) is 6.86. The molecule has 0 aliphatic rings. The summed E-state index contributed by atoms with van der Waals surface area (Å²) in [4.78, 5) is 11.6. The van der Waals surface area contributed by atoms with E-state index in [1.807, 2.05) is 24.3 Å². The second kappa shape index (κ2) is 6.27. The van der Waals surface area contributed by atoms with E-state index in [-0.39, 0.29) is 12.0 Å². The Morgan fingerprint density at radius 1 is 1.15 bits per heavy atom. The summed E-state index contributed by atoms with van der Waals surface area (Å²) in [5.74, 6) is 0.241. The molecule has 0 heterocycles. The van der Waals surface area contributed by atoms with Gasteiger partial charge in [0.15, 0.2) is 0 Å². The zero-order chi connectivity index (χ0) is 15.4. The SMILES string of the molecule is CCOC(=O)C(C)(N)COc1ccc(C(C)(C)C)cc1. The van der Waals surface area contributed by atoms with Crippen LogP contribution in [0.15, 0.2) is 24.3 Å². The van der Waals surface area contributed by atoms with Crippen molar-refractivity contribution in [1.29, 1.82) is 0 Å². The van der Waals surface area contributed by atoms with Crippen LogP contribution in [0.25, 0.3) is 0 Å². The molecule has 0 radical (unpaired) electrons. The smallest absolute Gasteiger partial charge is 0.329 e. The van der Waals surface area contributed by atoms with Crippen molar-refractivity contribution in [3.8, 4) is 5.75 Å². The number of carbonyl (C=O) groups excluding carboxylic acids is 1. The Bertz CT molecular complexity index is 444. The van der Waals surface area contributed by atoms with Crippen molar-refractivity contribution in [2.75, 3.05) is 13.2 Å². The van der Waals surface area contributed by atoms with Crippen molar-refractivity contribution in [3.05, 3.63) is 29.8 Å². The fraction of sp³-hybridized carbons (Fsp3) is 0.562. The molecule has 4 heteroatoms. The largest absolute Gasteiger partial charge is 0.491 e. The summed E-state index contributed by atoms with van der Waals surface area (Å²) in [6.45, 7) is 10.2. The van der Waals surface area contributed by atoms with Crippen LogP contribution in [-0.4, -0.2) is 24.7 Å². The maximum absolute atomic E-state index is 11.6. The van der Waals surface area contributed by atoms with E-state index in [0.717, 1.165) is 0 Å². The maximum atomic E-state index is 11.6. The fourth-order valence-electron chi connectivity index (χ4n) is 1.64. The molecular formula is C16H25NO3. The Morgan fingerprint density at radius 3 is 2.15 bits per heavy atom. The van der Waals surface area contributed by atoms with Gasteiger partial charge in [0.2, 0.25) is 0 Å². The van der Waals surface area contributed by atoms with Gasteiger partial charge in [-0.3, -0.25) is 0 Å². The number of nitrogens with two attached hydrogens (primary N) is 1. The Labute approximate surface area is 121 Å². The molecule has 1 aromatic rings. The summed E-state index contributed by atoms with van der Waals surface area (Å²) in [6.07, 6.45) is 0. The predicted molar refractivity (Wildman–Crippen MR) is 79.9 cm³/mol. The maximum Gasteiger partial charge on any atom is 0.329 e. The highest BCUT2D eigenvalue weighted by Gasteiger charge is 2.31. The van der Waals surface area contributed by atoms with Crippen molar-refractivity contribution < 1.29 is 14.3 Å². The molecule has 1 unspecified atom stereocenters. The minimum Gasteiger partial charge on any atom is -0.491 e. The lowest BCUT2D eigenvalue weighted by Crippen LogP contribution is -2.51. The molecule has 0 amide bonds. The van der Waals surface area contributed by atoms with Crippen LogP contribution in [0.1, 0.15) is 40.2 Å². The molecular weight excluding hydrogens is 254 g/mol. The summed E-state index contributed by atoms with van der Waals surface area (Å²) >= 11 is 0. The lowest BCUT2D eigenvalue weighted by molar-refractivity contribution is -0.150. The Hall–Kier alpha value is -1.55. The predicted octanol–water partition coefficient (Wildman–Crippen LogP) is 2.64. The molecule has 2 N–H and O–H groups in total. The van der Waals surface area contributed by atoms with E-state index in [9.17, 15) is 4.79 Å². The van der Waals surface area contributed by atoms with E-state index < -0.39 is 11.5 Å². The molecule has 1 aromatic carbocycles. The van der Waals surface area contributed by atoms with Gasteiger partial charge in [-0.15, -0.1) is 0 Å². The molecule has 0 spiro atoms. The molecule has 112 valence electrons. The molecule has 1 atom stereocenters. The first-order valence-electron chi connectivity index (χ1n) is 6.86. The highest BCUT2D eigenvalue weighted by molar-refractivity contribution is 5.80. The average molecular weight is 279 g/mol. The topological polar surface area (TPSA) is 61.5 Å². The Kier molecular flexibility index (Phi) is 5.17. The fourth-order valence-corrected chi connectivity index (χ4v) is 1.64. The third-order valence-electron chi connectivity index (χ3n) is 3.00. The minimum atomic E-state index is -1.14. The molecule has 0 bridgehead atoms. The van der Waals surface area contributed by atoms with Crippen molar-refractivity contribution in [3.63, 3.8) is 0 Å². The van der Waals surface area contributed by atoms with E-state index in [4.69, 9.17) is 15.2 Å². The molecule has 0 saturated heterocycles. The van der Waals surface area contributed by atoms with Crippen LogP contribution in [0.2, 0.25) is 0 Å². The molecule has 4 nitrogen and oxygen atoms in total. The normalized spacial score (nSPS) is 14.5. The van der Waals surface area contributed by atoms with E-state index in [1.165, 1.54) is 5.56 Å². The van der Waals surface area contributed by atoms with Crippen LogP contribution >= 0.6 is 0 Å². The average Bonchev–Trinajstić information content (AvgIpc) is 2.36. The Morgan fingerprint density at radius 2 is 1.70 bits per heavy atom. The van der Waals surface area contributed by atoms with Crippen LogP contribution in [0, 0.1) is 0 Å². The van der Waals surface area contributed by atoms with Gasteiger partial charge in [0.25, 0.3) is 0 Å². The molecule has 20 heavy (non-hydrogen) atoms. The van der Waals surface area contributed by atoms with Crippen LogP contribution < -0.4 is 10.5 Å². The number of hydrogen-bond donors (Lipinski definition) is 1. The first-order chi connectivity index (χ1) is 9.16. The summed E-state index contributed by atoms with van der Waals surface area (Å²) in [5, 5.41) is 0. The zero-order valence-corrected chi connectivity index (χ0v) is 13.0. The number of benzene rings is 1.